The van der Waals surface area contributed by atoms with Crippen molar-refractivity contribution in [1.29, 1.82) is 0 Å². The summed E-state index contributed by atoms with van der Waals surface area (Å²) in [6, 6.07) is 10.9. The van der Waals surface area contributed by atoms with E-state index in [-0.39, 0.29) is 24.1 Å². The molecule has 2 aromatic heterocycles. The SMILES string of the molecule is C=CC(=O)NCc1cc(Oc2ccc(C(F)(F)F)nc2)nc2ccccc12. The standard InChI is InChI=1S/C19H14F3N3O2/c1-2-17(26)24-10-12-9-18(25-15-6-4-3-5-14(12)15)27-13-7-8-16(23-11-13)19(20,21)22/h2-9,11H,1,10H2,(H,24,26). The highest BCUT2D eigenvalue weighted by atomic mass is 19.4. The summed E-state index contributed by atoms with van der Waals surface area (Å²) in [6.45, 7) is 3.61. The van der Waals surface area contributed by atoms with Crippen LogP contribution in [0.25, 0.3) is 10.9 Å². The van der Waals surface area contributed by atoms with Gasteiger partial charge in [-0.2, -0.15) is 13.2 Å². The minimum absolute atomic E-state index is 0.117. The van der Waals surface area contributed by atoms with Crippen molar-refractivity contribution in [2.45, 2.75) is 12.7 Å². The van der Waals surface area contributed by atoms with E-state index in [2.05, 4.69) is 21.9 Å². The van der Waals surface area contributed by atoms with E-state index >= 15 is 0 Å². The van der Waals surface area contributed by atoms with Crippen LogP contribution in [0, 0.1) is 0 Å². The summed E-state index contributed by atoms with van der Waals surface area (Å²) in [5.41, 5.74) is 0.359. The molecule has 0 radical (unpaired) electrons. The molecule has 0 fully saturated rings. The number of aromatic nitrogens is 2. The van der Waals surface area contributed by atoms with Crippen LogP contribution in [0.3, 0.4) is 0 Å². The second-order valence-electron chi connectivity index (χ2n) is 5.54. The van der Waals surface area contributed by atoms with Crippen LogP contribution in [0.15, 0.2) is 61.3 Å². The molecule has 0 aliphatic heterocycles. The number of para-hydroxylation sites is 1. The number of hydrogen-bond donors (Lipinski definition) is 1. The Morgan fingerprint density at radius 1 is 1.22 bits per heavy atom. The fourth-order valence-corrected chi connectivity index (χ4v) is 2.40. The minimum Gasteiger partial charge on any atom is -0.437 e. The predicted octanol–water partition coefficient (Wildman–Crippen LogP) is 4.24. The first-order valence-corrected chi connectivity index (χ1v) is 7.87. The van der Waals surface area contributed by atoms with Gasteiger partial charge in [0.25, 0.3) is 0 Å². The molecule has 2 heterocycles. The van der Waals surface area contributed by atoms with Crippen molar-refractivity contribution >= 4 is 16.8 Å². The Labute approximate surface area is 152 Å². The van der Waals surface area contributed by atoms with Crippen LogP contribution in [-0.4, -0.2) is 15.9 Å². The number of rotatable bonds is 5. The first kappa shape index (κ1) is 18.4. The Morgan fingerprint density at radius 3 is 2.67 bits per heavy atom. The molecule has 0 atom stereocenters. The van der Waals surface area contributed by atoms with Crippen molar-refractivity contribution in [3.8, 4) is 11.6 Å². The third-order valence-corrected chi connectivity index (χ3v) is 3.67. The number of ether oxygens (including phenoxy) is 1. The topological polar surface area (TPSA) is 64.1 Å². The number of carbonyl (C=O) groups is 1. The number of pyridine rings is 2. The molecule has 0 aliphatic rings. The summed E-state index contributed by atoms with van der Waals surface area (Å²) in [5, 5.41) is 3.50. The number of hydrogen-bond acceptors (Lipinski definition) is 4. The van der Waals surface area contributed by atoms with E-state index in [9.17, 15) is 18.0 Å². The van der Waals surface area contributed by atoms with Gasteiger partial charge in [-0.05, 0) is 29.8 Å². The monoisotopic (exact) mass is 373 g/mol. The molecule has 1 amide bonds. The molecule has 0 unspecified atom stereocenters. The van der Waals surface area contributed by atoms with Gasteiger partial charge in [0, 0.05) is 18.0 Å². The zero-order valence-corrected chi connectivity index (χ0v) is 14.0. The van der Waals surface area contributed by atoms with E-state index in [4.69, 9.17) is 4.74 Å². The zero-order valence-electron chi connectivity index (χ0n) is 14.0. The summed E-state index contributed by atoms with van der Waals surface area (Å²) >= 11 is 0. The van der Waals surface area contributed by atoms with Crippen molar-refractivity contribution in [2.75, 3.05) is 0 Å². The third kappa shape index (κ3) is 4.41. The molecule has 8 heteroatoms. The second kappa shape index (κ2) is 7.45. The lowest BCUT2D eigenvalue weighted by molar-refractivity contribution is -0.141. The summed E-state index contributed by atoms with van der Waals surface area (Å²) in [5.74, 6) is -0.0322. The number of benzene rings is 1. The van der Waals surface area contributed by atoms with Crippen molar-refractivity contribution < 1.29 is 22.7 Å². The summed E-state index contributed by atoms with van der Waals surface area (Å²) < 4.78 is 43.3. The van der Waals surface area contributed by atoms with E-state index in [1.807, 2.05) is 12.1 Å². The number of fused-ring (bicyclic) bond motifs is 1. The van der Waals surface area contributed by atoms with Crippen LogP contribution in [0.2, 0.25) is 0 Å². The minimum atomic E-state index is -4.52. The van der Waals surface area contributed by atoms with Gasteiger partial charge >= 0.3 is 6.18 Å². The Hall–Kier alpha value is -3.42. The molecule has 0 saturated heterocycles. The van der Waals surface area contributed by atoms with Gasteiger partial charge in [0.2, 0.25) is 11.8 Å². The lowest BCUT2D eigenvalue weighted by atomic mass is 10.1. The molecule has 3 rings (SSSR count). The predicted molar refractivity (Wildman–Crippen MR) is 93.1 cm³/mol. The second-order valence-corrected chi connectivity index (χ2v) is 5.54. The molecule has 0 spiro atoms. The highest BCUT2D eigenvalue weighted by molar-refractivity contribution is 5.88. The average Bonchev–Trinajstić information content (AvgIpc) is 2.65. The number of amides is 1. The summed E-state index contributed by atoms with van der Waals surface area (Å²) in [7, 11) is 0. The lowest BCUT2D eigenvalue weighted by Crippen LogP contribution is -2.20. The smallest absolute Gasteiger partial charge is 0.433 e. The van der Waals surface area contributed by atoms with E-state index < -0.39 is 11.9 Å². The first-order valence-electron chi connectivity index (χ1n) is 7.87. The summed E-state index contributed by atoms with van der Waals surface area (Å²) in [4.78, 5) is 19.1. The summed E-state index contributed by atoms with van der Waals surface area (Å²) in [6.07, 6.45) is -2.37. The maximum absolute atomic E-state index is 12.6. The van der Waals surface area contributed by atoms with Gasteiger partial charge in [0.1, 0.15) is 11.4 Å². The lowest BCUT2D eigenvalue weighted by Gasteiger charge is -2.11. The van der Waals surface area contributed by atoms with Crippen LogP contribution < -0.4 is 10.1 Å². The molecule has 3 aromatic rings. The van der Waals surface area contributed by atoms with Crippen LogP contribution in [-0.2, 0) is 17.5 Å². The average molecular weight is 373 g/mol. The molecule has 0 bridgehead atoms. The van der Waals surface area contributed by atoms with Gasteiger partial charge < -0.3 is 10.1 Å². The van der Waals surface area contributed by atoms with Gasteiger partial charge in [0.05, 0.1) is 11.7 Å². The Morgan fingerprint density at radius 2 is 2.00 bits per heavy atom. The highest BCUT2D eigenvalue weighted by Crippen LogP contribution is 2.30. The molecule has 0 saturated carbocycles. The molecular weight excluding hydrogens is 359 g/mol. The number of nitrogens with one attached hydrogen (secondary N) is 1. The highest BCUT2D eigenvalue weighted by Gasteiger charge is 2.32. The van der Waals surface area contributed by atoms with Crippen LogP contribution in [0.5, 0.6) is 11.6 Å². The van der Waals surface area contributed by atoms with Gasteiger partial charge in [0.15, 0.2) is 0 Å². The molecule has 1 aromatic carbocycles. The normalized spacial score (nSPS) is 11.2. The van der Waals surface area contributed by atoms with Gasteiger partial charge in [-0.15, -0.1) is 0 Å². The fraction of sp³-hybridized carbons (Fsp3) is 0.105. The van der Waals surface area contributed by atoms with Crippen molar-refractivity contribution in [3.63, 3.8) is 0 Å². The number of halogens is 3. The van der Waals surface area contributed by atoms with Crippen molar-refractivity contribution in [2.24, 2.45) is 0 Å². The van der Waals surface area contributed by atoms with Crippen LogP contribution >= 0.6 is 0 Å². The van der Waals surface area contributed by atoms with Crippen LogP contribution in [0.4, 0.5) is 13.2 Å². The van der Waals surface area contributed by atoms with Gasteiger partial charge in [-0.25, -0.2) is 9.97 Å². The molecule has 138 valence electrons. The van der Waals surface area contributed by atoms with E-state index in [0.717, 1.165) is 29.3 Å². The molecule has 5 nitrogen and oxygen atoms in total. The zero-order chi connectivity index (χ0) is 19.4. The Balaban J connectivity index is 1.90. The number of nitrogens with zero attached hydrogens (tertiary/aromatic N) is 2. The van der Waals surface area contributed by atoms with E-state index in [1.54, 1.807) is 18.2 Å². The number of alkyl halides is 3. The van der Waals surface area contributed by atoms with Gasteiger partial charge in [-0.1, -0.05) is 24.8 Å². The van der Waals surface area contributed by atoms with Crippen molar-refractivity contribution in [3.05, 3.63) is 72.6 Å². The molecule has 1 N–H and O–H groups in total. The molecule has 0 aliphatic carbocycles. The number of carbonyl (C=O) groups excluding carboxylic acids is 1. The third-order valence-electron chi connectivity index (χ3n) is 3.67. The van der Waals surface area contributed by atoms with E-state index in [0.29, 0.717) is 5.52 Å². The largest absolute Gasteiger partial charge is 0.437 e. The maximum atomic E-state index is 12.6. The Kier molecular flexibility index (Phi) is 5.07. The van der Waals surface area contributed by atoms with Crippen LogP contribution in [0.1, 0.15) is 11.3 Å². The van der Waals surface area contributed by atoms with Gasteiger partial charge in [-0.3, -0.25) is 4.79 Å². The Bertz CT molecular complexity index is 986. The molecular formula is C19H14F3N3O2. The first-order chi connectivity index (χ1) is 12.9. The fourth-order valence-electron chi connectivity index (χ4n) is 2.40. The van der Waals surface area contributed by atoms with E-state index in [1.165, 1.54) is 6.07 Å². The maximum Gasteiger partial charge on any atom is 0.433 e. The van der Waals surface area contributed by atoms with Crippen molar-refractivity contribution in [1.82, 2.24) is 15.3 Å². The molecule has 27 heavy (non-hydrogen) atoms. The quantitative estimate of drug-likeness (QED) is 0.680.